The second-order valence-corrected chi connectivity index (χ2v) is 6.26. The second-order valence-electron chi connectivity index (χ2n) is 6.26. The number of nitrogens with one attached hydrogen (secondary N) is 1. The molecule has 22 heavy (non-hydrogen) atoms. The van der Waals surface area contributed by atoms with Crippen LogP contribution >= 0.6 is 0 Å². The summed E-state index contributed by atoms with van der Waals surface area (Å²) < 4.78 is 0. The molecule has 1 aromatic carbocycles. The van der Waals surface area contributed by atoms with Gasteiger partial charge < -0.3 is 10.4 Å². The molecule has 0 aliphatic heterocycles. The van der Waals surface area contributed by atoms with E-state index in [4.69, 9.17) is 0 Å². The van der Waals surface area contributed by atoms with Crippen molar-refractivity contribution < 1.29 is 10.0 Å². The van der Waals surface area contributed by atoms with E-state index in [2.05, 4.69) is 12.2 Å². The summed E-state index contributed by atoms with van der Waals surface area (Å²) >= 11 is 0. The Morgan fingerprint density at radius 1 is 1.45 bits per heavy atom. The van der Waals surface area contributed by atoms with Crippen molar-refractivity contribution >= 4 is 11.8 Å². The molecule has 120 valence electrons. The standard InChI is InChI=1S/C17H24N2O3/c1-17(11-5-4-10-16(17)20)13-18-12-6-8-14-7-2-3-9-15(14)19(21)22/h2-3,6-9,16,18,20H,4-5,10-13H2,1H3/b8-6+. The second kappa shape index (κ2) is 7.51. The van der Waals surface area contributed by atoms with Gasteiger partial charge in [0.25, 0.3) is 5.69 Å². The predicted molar refractivity (Wildman–Crippen MR) is 87.6 cm³/mol. The fourth-order valence-electron chi connectivity index (χ4n) is 3.01. The van der Waals surface area contributed by atoms with Gasteiger partial charge in [0.05, 0.1) is 16.6 Å². The summed E-state index contributed by atoms with van der Waals surface area (Å²) in [5.74, 6) is 0. The van der Waals surface area contributed by atoms with Crippen molar-refractivity contribution in [3.63, 3.8) is 0 Å². The summed E-state index contributed by atoms with van der Waals surface area (Å²) in [7, 11) is 0. The van der Waals surface area contributed by atoms with Gasteiger partial charge >= 0.3 is 0 Å². The number of aliphatic hydroxyl groups excluding tert-OH is 1. The normalized spacial score (nSPS) is 25.5. The van der Waals surface area contributed by atoms with E-state index in [1.807, 2.05) is 6.08 Å². The highest BCUT2D eigenvalue weighted by Gasteiger charge is 2.34. The third-order valence-electron chi connectivity index (χ3n) is 4.50. The van der Waals surface area contributed by atoms with Gasteiger partial charge in [-0.2, -0.15) is 0 Å². The Kier molecular flexibility index (Phi) is 5.69. The van der Waals surface area contributed by atoms with Gasteiger partial charge in [-0.05, 0) is 18.9 Å². The first kappa shape index (κ1) is 16.6. The zero-order chi connectivity index (χ0) is 16.0. The molecule has 2 atom stereocenters. The number of hydrogen-bond acceptors (Lipinski definition) is 4. The van der Waals surface area contributed by atoms with Crippen molar-refractivity contribution in [1.82, 2.24) is 5.32 Å². The zero-order valence-corrected chi connectivity index (χ0v) is 13.0. The fourth-order valence-corrected chi connectivity index (χ4v) is 3.01. The summed E-state index contributed by atoms with van der Waals surface area (Å²) in [5, 5.41) is 24.4. The van der Waals surface area contributed by atoms with Crippen molar-refractivity contribution in [1.29, 1.82) is 0 Å². The van der Waals surface area contributed by atoms with Gasteiger partial charge in [-0.1, -0.05) is 44.1 Å². The molecule has 0 aromatic heterocycles. The first-order valence-corrected chi connectivity index (χ1v) is 7.82. The Morgan fingerprint density at radius 3 is 2.95 bits per heavy atom. The third kappa shape index (κ3) is 4.15. The number of benzene rings is 1. The maximum atomic E-state index is 10.9. The van der Waals surface area contributed by atoms with E-state index in [0.717, 1.165) is 25.8 Å². The molecule has 2 unspecified atom stereocenters. The van der Waals surface area contributed by atoms with E-state index in [1.54, 1.807) is 24.3 Å². The molecule has 5 heteroatoms. The minimum Gasteiger partial charge on any atom is -0.393 e. The van der Waals surface area contributed by atoms with Gasteiger partial charge in [-0.3, -0.25) is 10.1 Å². The number of hydrogen-bond donors (Lipinski definition) is 2. The first-order chi connectivity index (χ1) is 10.5. The average molecular weight is 304 g/mol. The quantitative estimate of drug-likeness (QED) is 0.481. The molecule has 5 nitrogen and oxygen atoms in total. The largest absolute Gasteiger partial charge is 0.393 e. The van der Waals surface area contributed by atoms with Gasteiger partial charge in [0.15, 0.2) is 0 Å². The van der Waals surface area contributed by atoms with E-state index < -0.39 is 0 Å². The molecule has 0 spiro atoms. The average Bonchev–Trinajstić information content (AvgIpc) is 2.50. The van der Waals surface area contributed by atoms with Crippen LogP contribution in [0, 0.1) is 15.5 Å². The summed E-state index contributed by atoms with van der Waals surface area (Å²) in [6.45, 7) is 3.51. The molecule has 1 aliphatic rings. The Bertz CT molecular complexity index is 544. The lowest BCUT2D eigenvalue weighted by atomic mass is 9.73. The van der Waals surface area contributed by atoms with Crippen LogP contribution in [0.4, 0.5) is 5.69 Å². The molecule has 1 fully saturated rings. The first-order valence-electron chi connectivity index (χ1n) is 7.82. The summed E-state index contributed by atoms with van der Waals surface area (Å²) in [6.07, 6.45) is 7.61. The predicted octanol–water partition coefficient (Wildman–Crippen LogP) is 3.14. The van der Waals surface area contributed by atoms with Gasteiger partial charge in [0, 0.05) is 24.6 Å². The van der Waals surface area contributed by atoms with Gasteiger partial charge in [0.1, 0.15) is 0 Å². The van der Waals surface area contributed by atoms with Crippen LogP contribution in [0.3, 0.4) is 0 Å². The van der Waals surface area contributed by atoms with Crippen LogP contribution in [-0.2, 0) is 0 Å². The van der Waals surface area contributed by atoms with Gasteiger partial charge in [0.2, 0.25) is 0 Å². The fraction of sp³-hybridized carbons (Fsp3) is 0.529. The van der Waals surface area contributed by atoms with Crippen molar-refractivity contribution in [2.24, 2.45) is 5.41 Å². The number of rotatable bonds is 6. The highest BCUT2D eigenvalue weighted by atomic mass is 16.6. The van der Waals surface area contributed by atoms with E-state index in [0.29, 0.717) is 12.1 Å². The Labute approximate surface area is 131 Å². The Balaban J connectivity index is 1.85. The minimum atomic E-state index is -0.369. The van der Waals surface area contributed by atoms with E-state index >= 15 is 0 Å². The van der Waals surface area contributed by atoms with Gasteiger partial charge in [-0.15, -0.1) is 0 Å². The third-order valence-corrected chi connectivity index (χ3v) is 4.50. The molecule has 0 radical (unpaired) electrons. The Hall–Kier alpha value is -1.72. The Morgan fingerprint density at radius 2 is 2.23 bits per heavy atom. The van der Waals surface area contributed by atoms with Crippen LogP contribution in [0.25, 0.3) is 6.08 Å². The number of nitro groups is 1. The van der Waals surface area contributed by atoms with E-state index in [9.17, 15) is 15.2 Å². The summed E-state index contributed by atoms with van der Waals surface area (Å²) in [5.41, 5.74) is 0.664. The maximum Gasteiger partial charge on any atom is 0.276 e. The lowest BCUT2D eigenvalue weighted by molar-refractivity contribution is -0.385. The van der Waals surface area contributed by atoms with Crippen molar-refractivity contribution in [2.75, 3.05) is 13.1 Å². The molecular formula is C17H24N2O3. The molecule has 2 rings (SSSR count). The molecule has 0 heterocycles. The molecular weight excluding hydrogens is 280 g/mol. The van der Waals surface area contributed by atoms with E-state index in [-0.39, 0.29) is 22.1 Å². The monoisotopic (exact) mass is 304 g/mol. The van der Waals surface area contributed by atoms with Crippen molar-refractivity contribution in [3.8, 4) is 0 Å². The lowest BCUT2D eigenvalue weighted by Crippen LogP contribution is -2.43. The van der Waals surface area contributed by atoms with Crippen molar-refractivity contribution in [3.05, 3.63) is 46.0 Å². The van der Waals surface area contributed by atoms with Crippen molar-refractivity contribution in [2.45, 2.75) is 38.7 Å². The number of para-hydroxylation sites is 1. The molecule has 1 aliphatic carbocycles. The van der Waals surface area contributed by atoms with Crippen LogP contribution < -0.4 is 5.32 Å². The maximum absolute atomic E-state index is 10.9. The molecule has 2 N–H and O–H groups in total. The highest BCUT2D eigenvalue weighted by molar-refractivity contribution is 5.60. The van der Waals surface area contributed by atoms with Crippen LogP contribution in [0.15, 0.2) is 30.3 Å². The van der Waals surface area contributed by atoms with Crippen LogP contribution in [0.5, 0.6) is 0 Å². The number of nitrogens with zero attached hydrogens (tertiary/aromatic N) is 1. The molecule has 1 saturated carbocycles. The molecule has 0 saturated heterocycles. The summed E-state index contributed by atoms with van der Waals surface area (Å²) in [6, 6.07) is 6.70. The van der Waals surface area contributed by atoms with Crippen LogP contribution in [0.2, 0.25) is 0 Å². The molecule has 0 bridgehead atoms. The molecule has 1 aromatic rings. The van der Waals surface area contributed by atoms with Crippen LogP contribution in [-0.4, -0.2) is 29.2 Å². The number of nitro benzene ring substituents is 1. The topological polar surface area (TPSA) is 75.4 Å². The smallest absolute Gasteiger partial charge is 0.276 e. The van der Waals surface area contributed by atoms with Crippen LogP contribution in [0.1, 0.15) is 38.2 Å². The molecule has 0 amide bonds. The minimum absolute atomic E-state index is 0.0646. The highest BCUT2D eigenvalue weighted by Crippen LogP contribution is 2.35. The number of aliphatic hydroxyl groups is 1. The SMILES string of the molecule is CC1(CNC/C=C/c2ccccc2[N+](=O)[O-])CCCCC1O. The zero-order valence-electron chi connectivity index (χ0n) is 13.0. The van der Waals surface area contributed by atoms with Gasteiger partial charge in [-0.25, -0.2) is 0 Å². The summed E-state index contributed by atoms with van der Waals surface area (Å²) in [4.78, 5) is 10.6. The lowest BCUT2D eigenvalue weighted by Gasteiger charge is -2.38. The van der Waals surface area contributed by atoms with E-state index in [1.165, 1.54) is 12.5 Å².